The maximum Gasteiger partial charge on any atom is 0.224 e. The molecule has 0 saturated heterocycles. The average molecular weight is 359 g/mol. The smallest absolute Gasteiger partial charge is 0.224 e. The van der Waals surface area contributed by atoms with E-state index in [2.05, 4.69) is 15.3 Å². The minimum atomic E-state index is -0.0655. The number of ketones is 1. The fraction of sp³-hybridized carbons (Fsp3) is 0.235. The highest BCUT2D eigenvalue weighted by atomic mass is 35.5. The number of nitrogen functional groups attached to an aromatic ring is 1. The lowest BCUT2D eigenvalue weighted by Gasteiger charge is -2.08. The molecule has 0 unspecified atom stereocenters. The predicted octanol–water partition coefficient (Wildman–Crippen LogP) is 4.37. The average Bonchev–Trinajstić information content (AvgIpc) is 3.28. The fourth-order valence-electron chi connectivity index (χ4n) is 2.60. The molecule has 0 aliphatic heterocycles. The summed E-state index contributed by atoms with van der Waals surface area (Å²) < 4.78 is 0. The van der Waals surface area contributed by atoms with Crippen molar-refractivity contribution >= 4 is 50.6 Å². The van der Waals surface area contributed by atoms with Crippen molar-refractivity contribution in [3.05, 3.63) is 34.2 Å². The van der Waals surface area contributed by atoms with Gasteiger partial charge in [-0.2, -0.15) is 0 Å². The van der Waals surface area contributed by atoms with Crippen molar-refractivity contribution in [1.29, 1.82) is 0 Å². The van der Waals surface area contributed by atoms with Crippen LogP contribution in [0.3, 0.4) is 0 Å². The Morgan fingerprint density at radius 3 is 2.83 bits per heavy atom. The Morgan fingerprint density at radius 1 is 1.38 bits per heavy atom. The number of Topliss-reactive ketones (excluding diaryl/α,β-unsaturated/α-hetero) is 1. The summed E-state index contributed by atoms with van der Waals surface area (Å²) >= 11 is 7.44. The van der Waals surface area contributed by atoms with E-state index in [-0.39, 0.29) is 5.78 Å². The summed E-state index contributed by atoms with van der Waals surface area (Å²) in [6.45, 7) is 1.51. The summed E-state index contributed by atoms with van der Waals surface area (Å²) in [5, 5.41) is 4.65. The molecular weight excluding hydrogens is 344 g/mol. The largest absolute Gasteiger partial charge is 0.397 e. The number of aromatic nitrogens is 2. The molecule has 3 aromatic rings. The van der Waals surface area contributed by atoms with Crippen LogP contribution in [0, 0.1) is 0 Å². The fourth-order valence-corrected chi connectivity index (χ4v) is 3.78. The van der Waals surface area contributed by atoms with Crippen molar-refractivity contribution in [3.8, 4) is 11.3 Å². The van der Waals surface area contributed by atoms with Gasteiger partial charge in [0, 0.05) is 23.6 Å². The first kappa shape index (κ1) is 15.4. The van der Waals surface area contributed by atoms with Crippen molar-refractivity contribution in [2.75, 3.05) is 11.1 Å². The van der Waals surface area contributed by atoms with E-state index in [4.69, 9.17) is 17.3 Å². The van der Waals surface area contributed by atoms with Crippen LogP contribution in [0.4, 0.5) is 11.6 Å². The summed E-state index contributed by atoms with van der Waals surface area (Å²) in [5.41, 5.74) is 8.23. The third kappa shape index (κ3) is 2.72. The molecule has 0 bridgehead atoms. The molecule has 1 aliphatic rings. The van der Waals surface area contributed by atoms with Gasteiger partial charge in [-0.25, -0.2) is 9.97 Å². The van der Waals surface area contributed by atoms with Crippen molar-refractivity contribution in [3.63, 3.8) is 0 Å². The molecule has 2 heterocycles. The van der Waals surface area contributed by atoms with Gasteiger partial charge >= 0.3 is 0 Å². The number of carbonyl (C=O) groups is 1. The van der Waals surface area contributed by atoms with E-state index in [0.717, 1.165) is 18.4 Å². The van der Waals surface area contributed by atoms with Crippen LogP contribution < -0.4 is 11.1 Å². The molecule has 0 atom stereocenters. The van der Waals surface area contributed by atoms with Gasteiger partial charge in [-0.3, -0.25) is 4.79 Å². The number of thiophene rings is 1. The molecule has 0 spiro atoms. The summed E-state index contributed by atoms with van der Waals surface area (Å²) in [4.78, 5) is 22.3. The Morgan fingerprint density at radius 2 is 2.17 bits per heavy atom. The van der Waals surface area contributed by atoms with Gasteiger partial charge < -0.3 is 11.1 Å². The second-order valence-corrected chi connectivity index (χ2v) is 7.34. The molecule has 5 nitrogen and oxygen atoms in total. The minimum absolute atomic E-state index is 0.0655. The zero-order valence-electron chi connectivity index (χ0n) is 13.0. The number of carbonyl (C=O) groups excluding carboxylic acids is 1. The number of fused-ring (bicyclic) bond motifs is 1. The van der Waals surface area contributed by atoms with E-state index in [9.17, 15) is 4.79 Å². The highest BCUT2D eigenvalue weighted by Gasteiger charge is 2.25. The first-order valence-electron chi connectivity index (χ1n) is 7.66. The van der Waals surface area contributed by atoms with E-state index in [1.165, 1.54) is 18.3 Å². The van der Waals surface area contributed by atoms with Crippen LogP contribution in [0.15, 0.2) is 24.3 Å². The molecule has 0 radical (unpaired) electrons. The Labute approximate surface area is 147 Å². The molecule has 7 heteroatoms. The van der Waals surface area contributed by atoms with Crippen molar-refractivity contribution < 1.29 is 4.79 Å². The number of anilines is 2. The van der Waals surface area contributed by atoms with Crippen LogP contribution in [0.2, 0.25) is 5.02 Å². The third-order valence-corrected chi connectivity index (χ3v) is 5.35. The molecule has 24 heavy (non-hydrogen) atoms. The van der Waals surface area contributed by atoms with Gasteiger partial charge in [0.1, 0.15) is 4.83 Å². The molecule has 122 valence electrons. The summed E-state index contributed by atoms with van der Waals surface area (Å²) in [6.07, 6.45) is 2.25. The summed E-state index contributed by atoms with van der Waals surface area (Å²) in [5.74, 6) is 0.501. The third-order valence-electron chi connectivity index (χ3n) is 3.92. The predicted molar refractivity (Wildman–Crippen MR) is 98.9 cm³/mol. The first-order valence-corrected chi connectivity index (χ1v) is 8.86. The molecule has 1 aliphatic carbocycles. The molecular formula is C17H15ClN4OS. The van der Waals surface area contributed by atoms with Crippen molar-refractivity contribution in [1.82, 2.24) is 9.97 Å². The number of nitrogens with one attached hydrogen (secondary N) is 1. The molecule has 2 aromatic heterocycles. The number of halogens is 1. The number of nitrogens with two attached hydrogens (primary N) is 1. The number of hydrogen-bond donors (Lipinski definition) is 2. The molecule has 0 amide bonds. The summed E-state index contributed by atoms with van der Waals surface area (Å²) in [6, 6.07) is 7.88. The number of rotatable bonds is 4. The van der Waals surface area contributed by atoms with Crippen LogP contribution in [0.1, 0.15) is 29.4 Å². The first-order chi connectivity index (χ1) is 11.5. The molecule has 4 rings (SSSR count). The van der Waals surface area contributed by atoms with Gasteiger partial charge in [-0.05, 0) is 25.0 Å². The highest BCUT2D eigenvalue weighted by molar-refractivity contribution is 7.21. The maximum absolute atomic E-state index is 11.9. The minimum Gasteiger partial charge on any atom is -0.397 e. The number of nitrogens with zero attached hydrogens (tertiary/aromatic N) is 2. The Balaban J connectivity index is 1.98. The zero-order chi connectivity index (χ0) is 16.8. The zero-order valence-corrected chi connectivity index (χ0v) is 14.5. The highest BCUT2D eigenvalue weighted by Crippen LogP contribution is 2.40. The van der Waals surface area contributed by atoms with Crippen LogP contribution in [0.5, 0.6) is 0 Å². The lowest BCUT2D eigenvalue weighted by Crippen LogP contribution is -2.06. The van der Waals surface area contributed by atoms with E-state index in [0.29, 0.717) is 43.5 Å². The lowest BCUT2D eigenvalue weighted by atomic mass is 10.1. The molecule has 1 saturated carbocycles. The molecule has 3 N–H and O–H groups in total. The van der Waals surface area contributed by atoms with Crippen LogP contribution in [0.25, 0.3) is 21.5 Å². The number of hydrogen-bond acceptors (Lipinski definition) is 6. The van der Waals surface area contributed by atoms with Crippen LogP contribution in [-0.4, -0.2) is 21.8 Å². The van der Waals surface area contributed by atoms with Gasteiger partial charge in [0.15, 0.2) is 5.78 Å². The van der Waals surface area contributed by atoms with Gasteiger partial charge in [0.05, 0.1) is 21.6 Å². The van der Waals surface area contributed by atoms with Crippen LogP contribution >= 0.6 is 22.9 Å². The van der Waals surface area contributed by atoms with Crippen molar-refractivity contribution in [2.24, 2.45) is 0 Å². The van der Waals surface area contributed by atoms with Crippen molar-refractivity contribution in [2.45, 2.75) is 25.8 Å². The van der Waals surface area contributed by atoms with E-state index in [1.54, 1.807) is 0 Å². The monoisotopic (exact) mass is 358 g/mol. The quantitative estimate of drug-likeness (QED) is 0.677. The Bertz CT molecular complexity index is 965. The SMILES string of the molecule is CC(=O)c1sc2nc(NC3CC3)nc(-c3cccc(Cl)c3)c2c1N. The molecule has 1 fully saturated rings. The Hall–Kier alpha value is -2.18. The van der Waals surface area contributed by atoms with E-state index >= 15 is 0 Å². The van der Waals surface area contributed by atoms with Crippen LogP contribution in [-0.2, 0) is 0 Å². The summed E-state index contributed by atoms with van der Waals surface area (Å²) in [7, 11) is 0. The number of benzene rings is 1. The van der Waals surface area contributed by atoms with Gasteiger partial charge in [0.2, 0.25) is 5.95 Å². The van der Waals surface area contributed by atoms with Gasteiger partial charge in [-0.15, -0.1) is 11.3 Å². The maximum atomic E-state index is 11.9. The van der Waals surface area contributed by atoms with E-state index in [1.807, 2.05) is 24.3 Å². The lowest BCUT2D eigenvalue weighted by molar-refractivity contribution is 0.102. The normalized spacial score (nSPS) is 14.1. The van der Waals surface area contributed by atoms with E-state index < -0.39 is 0 Å². The van der Waals surface area contributed by atoms with Gasteiger partial charge in [-0.1, -0.05) is 23.7 Å². The second-order valence-electron chi connectivity index (χ2n) is 5.91. The Kier molecular flexibility index (Phi) is 3.66. The second kappa shape index (κ2) is 5.72. The van der Waals surface area contributed by atoms with Gasteiger partial charge in [0.25, 0.3) is 0 Å². The topological polar surface area (TPSA) is 80.9 Å². The standard InChI is InChI=1S/C17H15ClN4OS/c1-8(23)15-13(19)12-14(9-3-2-4-10(18)7-9)21-17(20-11-5-6-11)22-16(12)24-15/h2-4,7,11H,5-6,19H2,1H3,(H,20,21,22). The molecule has 1 aromatic carbocycles.